The summed E-state index contributed by atoms with van der Waals surface area (Å²) in [5.74, 6) is 0. The van der Waals surface area contributed by atoms with Gasteiger partial charge in [-0.2, -0.15) is 0 Å². The van der Waals surface area contributed by atoms with Crippen LogP contribution in [0.3, 0.4) is 0 Å². The molecular weight excluding hydrogens is 310 g/mol. The molecule has 0 fully saturated rings. The summed E-state index contributed by atoms with van der Waals surface area (Å²) >= 11 is 9.80. The van der Waals surface area contributed by atoms with Gasteiger partial charge in [0.05, 0.1) is 5.38 Å². The number of alkyl halides is 1. The molecule has 1 N–H and O–H groups in total. The van der Waals surface area contributed by atoms with E-state index in [0.29, 0.717) is 0 Å². The molecule has 2 aromatic carbocycles. The Kier molecular flexibility index (Phi) is 5.24. The lowest BCUT2D eigenvalue weighted by molar-refractivity contribution is 0.674. The van der Waals surface area contributed by atoms with Crippen molar-refractivity contribution in [3.63, 3.8) is 0 Å². The maximum atomic E-state index is 6.33. The second-order valence-corrected chi connectivity index (χ2v) is 5.58. The first-order valence-electron chi connectivity index (χ1n) is 5.90. The van der Waals surface area contributed by atoms with Gasteiger partial charge >= 0.3 is 0 Å². The molecule has 0 aliphatic rings. The van der Waals surface area contributed by atoms with Gasteiger partial charge in [-0.3, -0.25) is 0 Å². The summed E-state index contributed by atoms with van der Waals surface area (Å²) in [6, 6.07) is 18.4. The molecule has 1 atom stereocenters. The summed E-state index contributed by atoms with van der Waals surface area (Å²) in [6.45, 7) is 1.59. The molecule has 0 saturated carbocycles. The Morgan fingerprint density at radius 2 is 1.83 bits per heavy atom. The zero-order valence-corrected chi connectivity index (χ0v) is 12.3. The van der Waals surface area contributed by atoms with Gasteiger partial charge in [0.1, 0.15) is 0 Å². The summed E-state index contributed by atoms with van der Waals surface area (Å²) < 4.78 is 1.10. The molecule has 0 spiro atoms. The Morgan fingerprint density at radius 1 is 1.06 bits per heavy atom. The fourth-order valence-electron chi connectivity index (χ4n) is 1.77. The normalized spacial score (nSPS) is 12.3. The van der Waals surface area contributed by atoms with E-state index in [1.807, 2.05) is 30.3 Å². The first kappa shape index (κ1) is 13.6. The van der Waals surface area contributed by atoms with Crippen LogP contribution in [-0.4, -0.2) is 6.54 Å². The second kappa shape index (κ2) is 6.93. The van der Waals surface area contributed by atoms with Crippen LogP contribution >= 0.6 is 27.5 Å². The molecular formula is C15H15BrClN. The van der Waals surface area contributed by atoms with E-state index in [1.54, 1.807) is 0 Å². The summed E-state index contributed by atoms with van der Waals surface area (Å²) in [7, 11) is 0. The van der Waals surface area contributed by atoms with Crippen LogP contribution in [0.25, 0.3) is 0 Å². The third-order valence-corrected chi connectivity index (χ3v) is 3.60. The molecule has 0 amide bonds. The van der Waals surface area contributed by atoms with E-state index in [9.17, 15) is 0 Å². The molecule has 0 aliphatic heterocycles. The van der Waals surface area contributed by atoms with Crippen molar-refractivity contribution in [2.45, 2.75) is 11.9 Å². The van der Waals surface area contributed by atoms with Crippen LogP contribution in [0.15, 0.2) is 59.1 Å². The van der Waals surface area contributed by atoms with Gasteiger partial charge in [0.15, 0.2) is 0 Å². The highest BCUT2D eigenvalue weighted by atomic mass is 79.9. The molecule has 1 nitrogen and oxygen atoms in total. The molecule has 0 aliphatic carbocycles. The van der Waals surface area contributed by atoms with E-state index in [1.165, 1.54) is 5.56 Å². The van der Waals surface area contributed by atoms with Crippen molar-refractivity contribution in [2.24, 2.45) is 0 Å². The Balaban J connectivity index is 1.82. The fraction of sp³-hybridized carbons (Fsp3) is 0.200. The molecule has 0 radical (unpaired) electrons. The van der Waals surface area contributed by atoms with Gasteiger partial charge < -0.3 is 5.32 Å². The number of rotatable bonds is 5. The van der Waals surface area contributed by atoms with Crippen LogP contribution in [0.4, 0.5) is 0 Å². The highest BCUT2D eigenvalue weighted by Crippen LogP contribution is 2.19. The largest absolute Gasteiger partial charge is 0.311 e. The van der Waals surface area contributed by atoms with Crippen LogP contribution in [0, 0.1) is 0 Å². The minimum Gasteiger partial charge on any atom is -0.311 e. The van der Waals surface area contributed by atoms with Crippen molar-refractivity contribution in [2.75, 3.05) is 6.54 Å². The van der Waals surface area contributed by atoms with Gasteiger partial charge in [-0.15, -0.1) is 11.6 Å². The van der Waals surface area contributed by atoms with Crippen LogP contribution in [0.1, 0.15) is 16.5 Å². The van der Waals surface area contributed by atoms with Gasteiger partial charge in [-0.1, -0.05) is 58.4 Å². The third-order valence-electron chi connectivity index (χ3n) is 2.70. The first-order valence-corrected chi connectivity index (χ1v) is 7.13. The zero-order chi connectivity index (χ0) is 12.8. The minimum absolute atomic E-state index is 0.0124. The van der Waals surface area contributed by atoms with Crippen molar-refractivity contribution < 1.29 is 0 Å². The maximum absolute atomic E-state index is 6.33. The Labute approximate surface area is 121 Å². The van der Waals surface area contributed by atoms with Crippen LogP contribution < -0.4 is 5.32 Å². The number of benzene rings is 2. The van der Waals surface area contributed by atoms with Crippen molar-refractivity contribution in [3.05, 3.63) is 70.2 Å². The van der Waals surface area contributed by atoms with Gasteiger partial charge in [-0.05, 0) is 23.3 Å². The molecule has 0 aromatic heterocycles. The lowest BCUT2D eigenvalue weighted by Crippen LogP contribution is -2.18. The lowest BCUT2D eigenvalue weighted by atomic mass is 10.1. The topological polar surface area (TPSA) is 12.0 Å². The average molecular weight is 325 g/mol. The number of halogens is 2. The maximum Gasteiger partial charge on any atom is 0.0709 e. The van der Waals surface area contributed by atoms with Crippen molar-refractivity contribution in [1.29, 1.82) is 0 Å². The van der Waals surface area contributed by atoms with E-state index in [4.69, 9.17) is 11.6 Å². The summed E-state index contributed by atoms with van der Waals surface area (Å²) in [4.78, 5) is 0. The Bertz CT molecular complexity index is 487. The Hall–Kier alpha value is -0.830. The standard InChI is InChI=1S/C15H15BrClN/c16-14-8-4-5-12(9-14)10-18-11-15(17)13-6-2-1-3-7-13/h1-9,15,18H,10-11H2. The second-order valence-electron chi connectivity index (χ2n) is 4.14. The van der Waals surface area contributed by atoms with Gasteiger partial charge in [0.25, 0.3) is 0 Å². The molecule has 0 bridgehead atoms. The molecule has 1 unspecified atom stereocenters. The monoisotopic (exact) mass is 323 g/mol. The first-order chi connectivity index (χ1) is 8.75. The van der Waals surface area contributed by atoms with E-state index in [2.05, 4.69) is 45.5 Å². The Morgan fingerprint density at radius 3 is 2.56 bits per heavy atom. The van der Waals surface area contributed by atoms with E-state index < -0.39 is 0 Å². The fourth-order valence-corrected chi connectivity index (χ4v) is 2.47. The molecule has 0 heterocycles. The SMILES string of the molecule is ClC(CNCc1cccc(Br)c1)c1ccccc1. The van der Waals surface area contributed by atoms with Crippen molar-refractivity contribution in [1.82, 2.24) is 5.32 Å². The predicted molar refractivity (Wildman–Crippen MR) is 80.9 cm³/mol. The van der Waals surface area contributed by atoms with Gasteiger partial charge in [-0.25, -0.2) is 0 Å². The molecule has 3 heteroatoms. The molecule has 18 heavy (non-hydrogen) atoms. The average Bonchev–Trinajstić information content (AvgIpc) is 2.40. The summed E-state index contributed by atoms with van der Waals surface area (Å²) in [6.07, 6.45) is 0. The van der Waals surface area contributed by atoms with Gasteiger partial charge in [0.2, 0.25) is 0 Å². The molecule has 2 aromatic rings. The van der Waals surface area contributed by atoms with Crippen LogP contribution in [0.2, 0.25) is 0 Å². The molecule has 2 rings (SSSR count). The molecule has 0 saturated heterocycles. The third kappa shape index (κ3) is 4.13. The van der Waals surface area contributed by atoms with Crippen LogP contribution in [-0.2, 0) is 6.54 Å². The highest BCUT2D eigenvalue weighted by Gasteiger charge is 2.06. The number of hydrogen-bond acceptors (Lipinski definition) is 1. The minimum atomic E-state index is 0.0124. The lowest BCUT2D eigenvalue weighted by Gasteiger charge is -2.11. The summed E-state index contributed by atoms with van der Waals surface area (Å²) in [5, 5.41) is 3.39. The number of nitrogens with one attached hydrogen (secondary N) is 1. The number of hydrogen-bond donors (Lipinski definition) is 1. The quantitative estimate of drug-likeness (QED) is 0.797. The van der Waals surface area contributed by atoms with Crippen LogP contribution in [0.5, 0.6) is 0 Å². The predicted octanol–water partition coefficient (Wildman–Crippen LogP) is 4.52. The van der Waals surface area contributed by atoms with Crippen molar-refractivity contribution in [3.8, 4) is 0 Å². The molecule has 94 valence electrons. The highest BCUT2D eigenvalue weighted by molar-refractivity contribution is 9.10. The smallest absolute Gasteiger partial charge is 0.0709 e. The van der Waals surface area contributed by atoms with Crippen molar-refractivity contribution >= 4 is 27.5 Å². The van der Waals surface area contributed by atoms with E-state index in [0.717, 1.165) is 23.1 Å². The van der Waals surface area contributed by atoms with E-state index in [-0.39, 0.29) is 5.38 Å². The van der Waals surface area contributed by atoms with E-state index >= 15 is 0 Å². The summed E-state index contributed by atoms with van der Waals surface area (Å²) in [5.41, 5.74) is 2.40. The van der Waals surface area contributed by atoms with Gasteiger partial charge in [0, 0.05) is 17.6 Å². The zero-order valence-electron chi connectivity index (χ0n) is 9.94.